The average Bonchev–Trinajstić information content (AvgIpc) is 3.30. The third-order valence-electron chi connectivity index (χ3n) is 5.53. The minimum Gasteiger partial charge on any atom is -0.493 e. The summed E-state index contributed by atoms with van der Waals surface area (Å²) in [6, 6.07) is 13.8. The summed E-state index contributed by atoms with van der Waals surface area (Å²) in [5.41, 5.74) is 2.59. The number of carbonyl (C=O) groups is 1. The van der Waals surface area contributed by atoms with Gasteiger partial charge in [0.25, 0.3) is 5.56 Å². The first kappa shape index (κ1) is 24.3. The lowest BCUT2D eigenvalue weighted by Gasteiger charge is -2.15. The number of hydrogen-bond donors (Lipinski definition) is 3. The standard InChI is InChI=1S/C25H26N6O5/c1-14-15(2)26-24(29-23(14)32)31-21(13-18(30-31)16-9-7-6-8-10-16)28-25(33)27-17-11-19(34-3)22(36-5)20(12-17)35-4/h6-13H,1-5H3,(H,26,29,32)(H2,27,28,33). The number of rotatable bonds is 7. The molecule has 0 saturated carbocycles. The number of methoxy groups -OCH3 is 3. The lowest BCUT2D eigenvalue weighted by atomic mass is 10.2. The molecule has 0 bridgehead atoms. The van der Waals surface area contributed by atoms with E-state index in [-0.39, 0.29) is 11.5 Å². The number of hydrogen-bond acceptors (Lipinski definition) is 7. The summed E-state index contributed by atoms with van der Waals surface area (Å²) in [5, 5.41) is 10.1. The maximum atomic E-state index is 13.0. The van der Waals surface area contributed by atoms with E-state index >= 15 is 0 Å². The van der Waals surface area contributed by atoms with Crippen LogP contribution >= 0.6 is 0 Å². The van der Waals surface area contributed by atoms with Crippen molar-refractivity contribution >= 4 is 17.5 Å². The van der Waals surface area contributed by atoms with Crippen molar-refractivity contribution in [2.24, 2.45) is 0 Å². The van der Waals surface area contributed by atoms with E-state index in [0.29, 0.717) is 45.7 Å². The molecular formula is C25H26N6O5. The Morgan fingerprint density at radius 2 is 1.61 bits per heavy atom. The van der Waals surface area contributed by atoms with Crippen LogP contribution in [0.4, 0.5) is 16.3 Å². The second kappa shape index (κ2) is 10.2. The van der Waals surface area contributed by atoms with E-state index in [2.05, 4.69) is 25.7 Å². The van der Waals surface area contributed by atoms with Crippen molar-refractivity contribution in [2.45, 2.75) is 13.8 Å². The Hall–Kier alpha value is -4.80. The van der Waals surface area contributed by atoms with Gasteiger partial charge in [0.1, 0.15) is 5.82 Å². The average molecular weight is 491 g/mol. The molecule has 36 heavy (non-hydrogen) atoms. The number of nitrogens with zero attached hydrogens (tertiary/aromatic N) is 3. The van der Waals surface area contributed by atoms with Crippen molar-refractivity contribution in [2.75, 3.05) is 32.0 Å². The zero-order chi connectivity index (χ0) is 25.8. The first-order chi connectivity index (χ1) is 17.3. The van der Waals surface area contributed by atoms with Gasteiger partial charge in [-0.1, -0.05) is 30.3 Å². The smallest absolute Gasteiger partial charge is 0.324 e. The van der Waals surface area contributed by atoms with E-state index in [4.69, 9.17) is 14.2 Å². The topological polar surface area (TPSA) is 132 Å². The molecule has 0 fully saturated rings. The van der Waals surface area contributed by atoms with Crippen LogP contribution in [0.5, 0.6) is 17.2 Å². The monoisotopic (exact) mass is 490 g/mol. The maximum Gasteiger partial charge on any atom is 0.324 e. The molecule has 0 aliphatic rings. The molecule has 2 aromatic heterocycles. The molecule has 0 spiro atoms. The van der Waals surface area contributed by atoms with Gasteiger partial charge < -0.3 is 19.5 Å². The SMILES string of the molecule is COc1cc(NC(=O)Nc2cc(-c3ccccc3)nn2-c2nc(C)c(C)c(=O)[nH]2)cc(OC)c1OC. The van der Waals surface area contributed by atoms with E-state index in [0.717, 1.165) is 5.56 Å². The third-order valence-corrected chi connectivity index (χ3v) is 5.53. The molecule has 4 rings (SSSR count). The van der Waals surface area contributed by atoms with Gasteiger partial charge in [0.15, 0.2) is 11.5 Å². The van der Waals surface area contributed by atoms with Crippen molar-refractivity contribution < 1.29 is 19.0 Å². The highest BCUT2D eigenvalue weighted by Gasteiger charge is 2.18. The first-order valence-corrected chi connectivity index (χ1v) is 11.0. The summed E-state index contributed by atoms with van der Waals surface area (Å²) in [6.07, 6.45) is 0. The molecule has 11 heteroatoms. The molecular weight excluding hydrogens is 464 g/mol. The number of aromatic nitrogens is 4. The fourth-order valence-corrected chi connectivity index (χ4v) is 3.54. The molecule has 0 unspecified atom stereocenters. The van der Waals surface area contributed by atoms with Crippen LogP contribution in [-0.2, 0) is 0 Å². The molecule has 0 aliphatic carbocycles. The third kappa shape index (κ3) is 4.85. The van der Waals surface area contributed by atoms with Gasteiger partial charge in [-0.05, 0) is 13.8 Å². The van der Waals surface area contributed by atoms with Crippen molar-refractivity contribution in [3.63, 3.8) is 0 Å². The molecule has 0 radical (unpaired) electrons. The van der Waals surface area contributed by atoms with Crippen LogP contribution in [0, 0.1) is 13.8 Å². The van der Waals surface area contributed by atoms with E-state index in [1.807, 2.05) is 30.3 Å². The molecule has 3 N–H and O–H groups in total. The second-order valence-electron chi connectivity index (χ2n) is 7.79. The summed E-state index contributed by atoms with van der Waals surface area (Å²) >= 11 is 0. The number of urea groups is 1. The van der Waals surface area contributed by atoms with Crippen molar-refractivity contribution in [1.82, 2.24) is 19.7 Å². The van der Waals surface area contributed by atoms with Gasteiger partial charge in [-0.25, -0.2) is 9.78 Å². The van der Waals surface area contributed by atoms with E-state index < -0.39 is 6.03 Å². The van der Waals surface area contributed by atoms with Crippen LogP contribution in [0.25, 0.3) is 17.2 Å². The van der Waals surface area contributed by atoms with Gasteiger partial charge in [-0.15, -0.1) is 0 Å². The Balaban J connectivity index is 1.70. The number of anilines is 2. The predicted molar refractivity (Wildman–Crippen MR) is 136 cm³/mol. The fraction of sp³-hybridized carbons (Fsp3) is 0.200. The Morgan fingerprint density at radius 3 is 2.19 bits per heavy atom. The lowest BCUT2D eigenvalue weighted by molar-refractivity contribution is 0.262. The van der Waals surface area contributed by atoms with Gasteiger partial charge >= 0.3 is 6.03 Å². The summed E-state index contributed by atoms with van der Waals surface area (Å²) in [5.74, 6) is 1.65. The molecule has 2 heterocycles. The normalized spacial score (nSPS) is 10.6. The van der Waals surface area contributed by atoms with Crippen molar-refractivity contribution in [3.05, 3.63) is 70.1 Å². The molecule has 2 amide bonds. The maximum absolute atomic E-state index is 13.0. The number of benzene rings is 2. The van der Waals surface area contributed by atoms with Crippen LogP contribution < -0.4 is 30.4 Å². The summed E-state index contributed by atoms with van der Waals surface area (Å²) in [6.45, 7) is 3.42. The Kier molecular flexibility index (Phi) is 6.91. The highest BCUT2D eigenvalue weighted by Crippen LogP contribution is 2.40. The first-order valence-electron chi connectivity index (χ1n) is 11.0. The Labute approximate surface area is 207 Å². The molecule has 2 aromatic carbocycles. The lowest BCUT2D eigenvalue weighted by Crippen LogP contribution is -2.23. The number of carbonyl (C=O) groups excluding carboxylic acids is 1. The van der Waals surface area contributed by atoms with E-state index in [1.165, 1.54) is 26.0 Å². The van der Waals surface area contributed by atoms with Crippen LogP contribution in [0.2, 0.25) is 0 Å². The molecule has 0 atom stereocenters. The number of amides is 2. The number of aromatic amines is 1. The highest BCUT2D eigenvalue weighted by molar-refractivity contribution is 6.00. The van der Waals surface area contributed by atoms with Gasteiger partial charge in [-0.2, -0.15) is 9.78 Å². The van der Waals surface area contributed by atoms with Crippen molar-refractivity contribution in [3.8, 4) is 34.5 Å². The summed E-state index contributed by atoms with van der Waals surface area (Å²) in [4.78, 5) is 32.5. The van der Waals surface area contributed by atoms with E-state index in [1.54, 1.807) is 32.0 Å². The molecule has 0 saturated heterocycles. The minimum absolute atomic E-state index is 0.174. The van der Waals surface area contributed by atoms with Gasteiger partial charge in [0.05, 0.1) is 32.7 Å². The molecule has 186 valence electrons. The zero-order valence-corrected chi connectivity index (χ0v) is 20.5. The zero-order valence-electron chi connectivity index (χ0n) is 20.5. The quantitative estimate of drug-likeness (QED) is 0.358. The Bertz CT molecular complexity index is 1440. The Morgan fingerprint density at radius 1 is 0.944 bits per heavy atom. The highest BCUT2D eigenvalue weighted by atomic mass is 16.5. The van der Waals surface area contributed by atoms with Crippen LogP contribution in [-0.4, -0.2) is 47.1 Å². The molecule has 0 aliphatic heterocycles. The number of aryl methyl sites for hydroxylation is 1. The van der Waals surface area contributed by atoms with E-state index in [9.17, 15) is 9.59 Å². The minimum atomic E-state index is -0.559. The number of ether oxygens (including phenoxy) is 3. The summed E-state index contributed by atoms with van der Waals surface area (Å²) in [7, 11) is 4.47. The molecule has 11 nitrogen and oxygen atoms in total. The number of nitrogens with one attached hydrogen (secondary N) is 3. The summed E-state index contributed by atoms with van der Waals surface area (Å²) < 4.78 is 17.4. The number of H-pyrrole nitrogens is 1. The molecule has 4 aromatic rings. The second-order valence-corrected chi connectivity index (χ2v) is 7.79. The van der Waals surface area contributed by atoms with Gasteiger partial charge in [0.2, 0.25) is 11.7 Å². The van der Waals surface area contributed by atoms with Gasteiger partial charge in [0, 0.05) is 35.0 Å². The van der Waals surface area contributed by atoms with Crippen LogP contribution in [0.15, 0.2) is 53.3 Å². The van der Waals surface area contributed by atoms with Crippen LogP contribution in [0.1, 0.15) is 11.3 Å². The largest absolute Gasteiger partial charge is 0.493 e. The van der Waals surface area contributed by atoms with Gasteiger partial charge in [-0.3, -0.25) is 15.1 Å². The predicted octanol–water partition coefficient (Wildman–Crippen LogP) is 3.91. The fourth-order valence-electron chi connectivity index (χ4n) is 3.54. The van der Waals surface area contributed by atoms with Crippen molar-refractivity contribution in [1.29, 1.82) is 0 Å². The van der Waals surface area contributed by atoms with Crippen LogP contribution in [0.3, 0.4) is 0 Å².